The summed E-state index contributed by atoms with van der Waals surface area (Å²) in [5, 5.41) is 19.9. The molecule has 0 unspecified atom stereocenters. The maximum Gasteiger partial charge on any atom is 0.350 e. The Bertz CT molecular complexity index is 687. The highest BCUT2D eigenvalue weighted by Crippen LogP contribution is 2.36. The molecule has 2 aromatic carbocycles. The standard InChI is InChI=1S/C12H6O5/c13-6-1-2-7-5(3-6)4-8(14)10-9(7)11(15)17-12(10)16/h1-4,13-14H. The first kappa shape index (κ1) is 9.65. The average Bonchev–Trinajstić information content (AvgIpc) is 2.55. The summed E-state index contributed by atoms with van der Waals surface area (Å²) in [6.45, 7) is 0. The summed E-state index contributed by atoms with van der Waals surface area (Å²) in [6.07, 6.45) is 0. The van der Waals surface area contributed by atoms with Crippen LogP contribution in [-0.4, -0.2) is 22.2 Å². The second-order valence-corrected chi connectivity index (χ2v) is 3.73. The zero-order valence-electron chi connectivity index (χ0n) is 8.43. The molecular weight excluding hydrogens is 224 g/mol. The van der Waals surface area contributed by atoms with Gasteiger partial charge in [0.1, 0.15) is 17.1 Å². The Hall–Kier alpha value is -2.56. The summed E-state index contributed by atoms with van der Waals surface area (Å²) in [5.74, 6) is -1.95. The van der Waals surface area contributed by atoms with Crippen LogP contribution in [0.5, 0.6) is 11.5 Å². The molecule has 0 aliphatic carbocycles. The number of carbonyl (C=O) groups is 2. The van der Waals surface area contributed by atoms with Gasteiger partial charge in [0.25, 0.3) is 0 Å². The van der Waals surface area contributed by atoms with Crippen molar-refractivity contribution in [3.05, 3.63) is 35.4 Å². The molecule has 1 aliphatic heterocycles. The van der Waals surface area contributed by atoms with E-state index in [1.165, 1.54) is 24.3 Å². The van der Waals surface area contributed by atoms with Gasteiger partial charge in [-0.05, 0) is 35.0 Å². The summed E-state index contributed by atoms with van der Waals surface area (Å²) in [5.41, 5.74) is -0.0711. The predicted molar refractivity (Wildman–Crippen MR) is 57.0 cm³/mol. The Kier molecular flexibility index (Phi) is 1.69. The van der Waals surface area contributed by atoms with Gasteiger partial charge in [-0.15, -0.1) is 0 Å². The number of phenolic OH excluding ortho intramolecular Hbond substituents is 2. The van der Waals surface area contributed by atoms with Gasteiger partial charge in [0.05, 0.1) is 5.56 Å². The fourth-order valence-electron chi connectivity index (χ4n) is 1.98. The lowest BCUT2D eigenvalue weighted by molar-refractivity contribution is 0.0444. The van der Waals surface area contributed by atoms with E-state index in [1.54, 1.807) is 0 Å². The highest BCUT2D eigenvalue weighted by atomic mass is 16.6. The van der Waals surface area contributed by atoms with Crippen LogP contribution in [0.3, 0.4) is 0 Å². The van der Waals surface area contributed by atoms with Crippen molar-refractivity contribution in [3.8, 4) is 11.5 Å². The van der Waals surface area contributed by atoms with E-state index in [0.29, 0.717) is 10.8 Å². The second-order valence-electron chi connectivity index (χ2n) is 3.73. The summed E-state index contributed by atoms with van der Waals surface area (Å²) < 4.78 is 4.45. The molecule has 2 N–H and O–H groups in total. The monoisotopic (exact) mass is 230 g/mol. The van der Waals surface area contributed by atoms with Crippen molar-refractivity contribution < 1.29 is 24.5 Å². The molecule has 0 saturated heterocycles. The second kappa shape index (κ2) is 2.98. The molecule has 0 aromatic heterocycles. The van der Waals surface area contributed by atoms with Gasteiger partial charge in [-0.2, -0.15) is 0 Å². The Morgan fingerprint density at radius 3 is 2.41 bits per heavy atom. The number of aromatic hydroxyl groups is 2. The molecule has 0 spiro atoms. The van der Waals surface area contributed by atoms with Crippen molar-refractivity contribution in [3.63, 3.8) is 0 Å². The van der Waals surface area contributed by atoms with Gasteiger partial charge in [0.2, 0.25) is 0 Å². The van der Waals surface area contributed by atoms with E-state index in [0.717, 1.165) is 0 Å². The zero-order chi connectivity index (χ0) is 12.2. The lowest BCUT2D eigenvalue weighted by atomic mass is 9.99. The van der Waals surface area contributed by atoms with Crippen LogP contribution in [0.25, 0.3) is 10.8 Å². The average molecular weight is 230 g/mol. The molecule has 17 heavy (non-hydrogen) atoms. The number of rotatable bonds is 0. The van der Waals surface area contributed by atoms with Crippen molar-refractivity contribution in [1.29, 1.82) is 0 Å². The molecule has 0 bridgehead atoms. The van der Waals surface area contributed by atoms with Crippen molar-refractivity contribution in [1.82, 2.24) is 0 Å². The van der Waals surface area contributed by atoms with Crippen LogP contribution >= 0.6 is 0 Å². The van der Waals surface area contributed by atoms with Crippen LogP contribution in [0.4, 0.5) is 0 Å². The highest BCUT2D eigenvalue weighted by Gasteiger charge is 2.34. The van der Waals surface area contributed by atoms with Crippen LogP contribution in [0.1, 0.15) is 20.7 Å². The smallest absolute Gasteiger partial charge is 0.350 e. The molecular formula is C12H6O5. The Morgan fingerprint density at radius 2 is 1.65 bits per heavy atom. The van der Waals surface area contributed by atoms with Gasteiger partial charge in [-0.3, -0.25) is 0 Å². The van der Waals surface area contributed by atoms with Crippen molar-refractivity contribution >= 4 is 22.7 Å². The summed E-state index contributed by atoms with van der Waals surface area (Å²) >= 11 is 0. The third kappa shape index (κ3) is 1.19. The van der Waals surface area contributed by atoms with Crippen LogP contribution < -0.4 is 0 Å². The number of benzene rings is 2. The Balaban J connectivity index is 2.51. The number of esters is 2. The minimum Gasteiger partial charge on any atom is -0.508 e. The minimum atomic E-state index is -0.850. The first-order valence-corrected chi connectivity index (χ1v) is 4.83. The first-order chi connectivity index (χ1) is 8.08. The zero-order valence-corrected chi connectivity index (χ0v) is 8.43. The number of hydrogen-bond acceptors (Lipinski definition) is 5. The molecule has 0 radical (unpaired) electrons. The molecule has 5 heteroatoms. The van der Waals surface area contributed by atoms with Crippen LogP contribution in [0.15, 0.2) is 24.3 Å². The van der Waals surface area contributed by atoms with Gasteiger partial charge >= 0.3 is 11.9 Å². The maximum absolute atomic E-state index is 11.5. The molecule has 1 aliphatic rings. The summed E-state index contributed by atoms with van der Waals surface area (Å²) in [6, 6.07) is 5.61. The van der Waals surface area contributed by atoms with E-state index >= 15 is 0 Å². The fraction of sp³-hybridized carbons (Fsp3) is 0. The van der Waals surface area contributed by atoms with Crippen molar-refractivity contribution in [2.24, 2.45) is 0 Å². The van der Waals surface area contributed by atoms with E-state index < -0.39 is 11.9 Å². The Labute approximate surface area is 94.9 Å². The van der Waals surface area contributed by atoms with Crippen LogP contribution in [0.2, 0.25) is 0 Å². The van der Waals surface area contributed by atoms with Crippen molar-refractivity contribution in [2.45, 2.75) is 0 Å². The molecule has 1 heterocycles. The number of fused-ring (bicyclic) bond motifs is 3. The third-order valence-electron chi connectivity index (χ3n) is 2.70. The SMILES string of the molecule is O=C1OC(=O)c2c1c(O)cc1cc(O)ccc21. The van der Waals surface area contributed by atoms with Gasteiger partial charge in [-0.1, -0.05) is 0 Å². The van der Waals surface area contributed by atoms with Gasteiger partial charge in [0.15, 0.2) is 0 Å². The van der Waals surface area contributed by atoms with Gasteiger partial charge in [0, 0.05) is 0 Å². The lowest BCUT2D eigenvalue weighted by Crippen LogP contribution is -1.97. The molecule has 2 aromatic rings. The first-order valence-electron chi connectivity index (χ1n) is 4.83. The third-order valence-corrected chi connectivity index (χ3v) is 2.70. The van der Waals surface area contributed by atoms with E-state index in [9.17, 15) is 19.8 Å². The number of ether oxygens (including phenoxy) is 1. The molecule has 0 atom stereocenters. The largest absolute Gasteiger partial charge is 0.508 e. The summed E-state index contributed by atoms with van der Waals surface area (Å²) in [4.78, 5) is 22.9. The minimum absolute atomic E-state index is 0.00883. The maximum atomic E-state index is 11.5. The van der Waals surface area contributed by atoms with E-state index in [4.69, 9.17) is 0 Å². The molecule has 84 valence electrons. The highest BCUT2D eigenvalue weighted by molar-refractivity contribution is 6.22. The Morgan fingerprint density at radius 1 is 0.941 bits per heavy atom. The number of phenols is 2. The molecule has 0 amide bonds. The number of cyclic esters (lactones) is 2. The fourth-order valence-corrected chi connectivity index (χ4v) is 1.98. The molecule has 5 nitrogen and oxygen atoms in total. The topological polar surface area (TPSA) is 83.8 Å². The lowest BCUT2D eigenvalue weighted by Gasteiger charge is -2.04. The molecule has 3 rings (SSSR count). The van der Waals surface area contributed by atoms with Gasteiger partial charge in [-0.25, -0.2) is 9.59 Å². The summed E-state index contributed by atoms with van der Waals surface area (Å²) in [7, 11) is 0. The number of hydrogen-bond donors (Lipinski definition) is 2. The normalized spacial score (nSPS) is 13.9. The van der Waals surface area contributed by atoms with Crippen LogP contribution in [-0.2, 0) is 4.74 Å². The predicted octanol–water partition coefficient (Wildman–Crippen LogP) is 1.56. The van der Waals surface area contributed by atoms with Crippen LogP contribution in [0, 0.1) is 0 Å². The molecule has 0 fully saturated rings. The number of carbonyl (C=O) groups excluding carboxylic acids is 2. The van der Waals surface area contributed by atoms with E-state index in [1.807, 2.05) is 0 Å². The van der Waals surface area contributed by atoms with Gasteiger partial charge < -0.3 is 14.9 Å². The van der Waals surface area contributed by atoms with Crippen molar-refractivity contribution in [2.75, 3.05) is 0 Å². The quantitative estimate of drug-likeness (QED) is 0.530. The van der Waals surface area contributed by atoms with E-state index in [-0.39, 0.29) is 22.6 Å². The molecule has 0 saturated carbocycles. The van der Waals surface area contributed by atoms with E-state index in [2.05, 4.69) is 4.74 Å².